The molecule has 0 atom stereocenters. The maximum Gasteiger partial charge on any atom is 0.272 e. The Balaban J connectivity index is 1.23. The molecule has 0 bridgehead atoms. The van der Waals surface area contributed by atoms with Gasteiger partial charge in [-0.3, -0.25) is 4.79 Å². The van der Waals surface area contributed by atoms with Crippen molar-refractivity contribution >= 4 is 28.2 Å². The van der Waals surface area contributed by atoms with Crippen LogP contribution >= 0.6 is 0 Å². The topological polar surface area (TPSA) is 77.4 Å². The smallest absolute Gasteiger partial charge is 0.272 e. The maximum absolute atomic E-state index is 14.1. The summed E-state index contributed by atoms with van der Waals surface area (Å²) in [5.41, 5.74) is 9.83. The highest BCUT2D eigenvalue weighted by atomic mass is 19.1. The Morgan fingerprint density at radius 3 is 2.55 bits per heavy atom. The van der Waals surface area contributed by atoms with Crippen LogP contribution in [0.3, 0.4) is 0 Å². The van der Waals surface area contributed by atoms with Crippen LogP contribution < -0.4 is 16.0 Å². The molecule has 0 unspecified atom stereocenters. The number of H-pyrrole nitrogens is 1. The lowest BCUT2D eigenvalue weighted by atomic mass is 9.98. The summed E-state index contributed by atoms with van der Waals surface area (Å²) in [5.74, 6) is -0.604. The molecule has 0 aliphatic carbocycles. The van der Waals surface area contributed by atoms with E-state index in [1.165, 1.54) is 6.07 Å². The molecule has 174 valence electrons. The van der Waals surface area contributed by atoms with Gasteiger partial charge in [0.25, 0.3) is 5.91 Å². The van der Waals surface area contributed by atoms with E-state index in [0.717, 1.165) is 68.8 Å². The van der Waals surface area contributed by atoms with E-state index in [4.69, 9.17) is 5.73 Å². The van der Waals surface area contributed by atoms with Crippen LogP contribution in [0.15, 0.2) is 42.5 Å². The van der Waals surface area contributed by atoms with Crippen LogP contribution in [0, 0.1) is 12.7 Å². The minimum Gasteiger partial charge on any atom is -0.371 e. The number of halogens is 1. The molecule has 1 aromatic heterocycles. The molecule has 0 spiro atoms. The average molecular weight is 450 g/mol. The number of nitrogens with one attached hydrogen (secondary N) is 2. The first kappa shape index (κ1) is 21.9. The first-order valence-electron chi connectivity index (χ1n) is 11.9. The van der Waals surface area contributed by atoms with Gasteiger partial charge in [0, 0.05) is 41.9 Å². The second kappa shape index (κ2) is 9.15. The number of amides is 1. The standard InChI is InChI=1S/C26H32FN5O/c1-17-5-6-23(27)22-16-24(30-25(17)22)26(33)29-19-3-2-4-21(15-19)32-13-9-20(10-14-32)31-11-7-18(28)8-12-31/h2-6,15-16,18,20,30H,7-14,28H2,1H3,(H,29,33). The van der Waals surface area contributed by atoms with Gasteiger partial charge < -0.3 is 25.8 Å². The number of carbonyl (C=O) groups is 1. The first-order chi connectivity index (χ1) is 16.0. The highest BCUT2D eigenvalue weighted by Gasteiger charge is 2.27. The molecule has 3 heterocycles. The molecule has 2 aliphatic heterocycles. The number of benzene rings is 2. The number of aromatic nitrogens is 1. The van der Waals surface area contributed by atoms with Crippen molar-refractivity contribution in [3.63, 3.8) is 0 Å². The van der Waals surface area contributed by atoms with E-state index < -0.39 is 0 Å². The lowest BCUT2D eigenvalue weighted by Gasteiger charge is -2.42. The molecule has 2 aliphatic rings. The molecule has 0 saturated carbocycles. The number of piperidine rings is 2. The van der Waals surface area contributed by atoms with Crippen LogP contribution in [0.4, 0.5) is 15.8 Å². The number of hydrogen-bond acceptors (Lipinski definition) is 4. The Hall–Kier alpha value is -2.90. The van der Waals surface area contributed by atoms with Gasteiger partial charge in [0.2, 0.25) is 0 Å². The van der Waals surface area contributed by atoms with Gasteiger partial charge in [0.05, 0.1) is 5.52 Å². The molecule has 1 amide bonds. The summed E-state index contributed by atoms with van der Waals surface area (Å²) in [7, 11) is 0. The normalized spacial score (nSPS) is 18.7. The first-order valence-corrected chi connectivity index (χ1v) is 11.9. The van der Waals surface area contributed by atoms with Crippen molar-refractivity contribution in [3.8, 4) is 0 Å². The zero-order valence-electron chi connectivity index (χ0n) is 19.1. The van der Waals surface area contributed by atoms with Crippen molar-refractivity contribution < 1.29 is 9.18 Å². The third-order valence-electron chi connectivity index (χ3n) is 7.22. The molecule has 2 aromatic carbocycles. The van der Waals surface area contributed by atoms with Gasteiger partial charge in [-0.05, 0) is 81.6 Å². The minimum atomic E-state index is -0.330. The van der Waals surface area contributed by atoms with E-state index in [9.17, 15) is 9.18 Å². The molecule has 2 saturated heterocycles. The third kappa shape index (κ3) is 4.61. The second-order valence-corrected chi connectivity index (χ2v) is 9.43. The number of hydrogen-bond donors (Lipinski definition) is 3. The van der Waals surface area contributed by atoms with Gasteiger partial charge in [0.1, 0.15) is 11.5 Å². The number of nitrogens with zero attached hydrogens (tertiary/aromatic N) is 2. The van der Waals surface area contributed by atoms with Gasteiger partial charge in [-0.2, -0.15) is 0 Å². The van der Waals surface area contributed by atoms with E-state index in [1.54, 1.807) is 12.1 Å². The van der Waals surface area contributed by atoms with Crippen LogP contribution in [0.25, 0.3) is 10.9 Å². The lowest BCUT2D eigenvalue weighted by Crippen LogP contribution is -2.49. The molecular formula is C26H32FN5O. The molecule has 7 heteroatoms. The quantitative estimate of drug-likeness (QED) is 0.556. The highest BCUT2D eigenvalue weighted by Crippen LogP contribution is 2.27. The SMILES string of the molecule is Cc1ccc(F)c2cc(C(=O)Nc3cccc(N4CCC(N5CCC(N)CC5)CC4)c3)[nH]c12. The molecular weight excluding hydrogens is 417 g/mol. The molecule has 6 nitrogen and oxygen atoms in total. The fourth-order valence-electron chi connectivity index (χ4n) is 5.20. The Bertz CT molecular complexity index is 1100. The number of aromatic amines is 1. The van der Waals surface area contributed by atoms with E-state index in [0.29, 0.717) is 28.7 Å². The van der Waals surface area contributed by atoms with Crippen molar-refractivity contribution in [2.75, 3.05) is 36.4 Å². The van der Waals surface area contributed by atoms with Crippen LogP contribution in [0.2, 0.25) is 0 Å². The van der Waals surface area contributed by atoms with E-state index >= 15 is 0 Å². The number of nitrogens with two attached hydrogens (primary N) is 1. The second-order valence-electron chi connectivity index (χ2n) is 9.43. The third-order valence-corrected chi connectivity index (χ3v) is 7.22. The van der Waals surface area contributed by atoms with Gasteiger partial charge in [-0.1, -0.05) is 12.1 Å². The monoisotopic (exact) mass is 449 g/mol. The van der Waals surface area contributed by atoms with E-state index in [1.807, 2.05) is 25.1 Å². The molecule has 33 heavy (non-hydrogen) atoms. The number of likely N-dealkylation sites (tertiary alicyclic amines) is 1. The predicted octanol–water partition coefficient (Wildman–Crippen LogP) is 4.26. The minimum absolute atomic E-state index is 0.274. The number of anilines is 2. The van der Waals surface area contributed by atoms with Crippen molar-refractivity contribution in [2.45, 2.75) is 44.7 Å². The summed E-state index contributed by atoms with van der Waals surface area (Å²) in [6.45, 7) is 6.14. The van der Waals surface area contributed by atoms with Crippen molar-refractivity contribution in [2.24, 2.45) is 5.73 Å². The van der Waals surface area contributed by atoms with E-state index in [2.05, 4.69) is 26.2 Å². The molecule has 2 fully saturated rings. The molecule has 0 radical (unpaired) electrons. The van der Waals surface area contributed by atoms with Crippen LogP contribution in [-0.4, -0.2) is 54.1 Å². The Morgan fingerprint density at radius 1 is 1.06 bits per heavy atom. The van der Waals surface area contributed by atoms with Crippen molar-refractivity contribution in [1.29, 1.82) is 0 Å². The Kier molecular flexibility index (Phi) is 6.08. The number of carbonyl (C=O) groups excluding carboxylic acids is 1. The van der Waals surface area contributed by atoms with E-state index in [-0.39, 0.29) is 11.7 Å². The average Bonchev–Trinajstić information content (AvgIpc) is 3.30. The number of aryl methyl sites for hydroxylation is 1. The Labute approximate surface area is 193 Å². The summed E-state index contributed by atoms with van der Waals surface area (Å²) in [6, 6.07) is 13.7. The maximum atomic E-state index is 14.1. The zero-order valence-corrected chi connectivity index (χ0v) is 19.1. The highest BCUT2D eigenvalue weighted by molar-refractivity contribution is 6.06. The predicted molar refractivity (Wildman–Crippen MR) is 131 cm³/mol. The summed E-state index contributed by atoms with van der Waals surface area (Å²) in [4.78, 5) is 20.9. The molecule has 5 rings (SSSR count). The van der Waals surface area contributed by atoms with Gasteiger partial charge >= 0.3 is 0 Å². The number of fused-ring (bicyclic) bond motifs is 1. The van der Waals surface area contributed by atoms with Gasteiger partial charge in [0.15, 0.2) is 0 Å². The lowest BCUT2D eigenvalue weighted by molar-refractivity contribution is 0.102. The number of rotatable bonds is 4. The Morgan fingerprint density at radius 2 is 1.82 bits per heavy atom. The van der Waals surface area contributed by atoms with Crippen LogP contribution in [0.5, 0.6) is 0 Å². The van der Waals surface area contributed by atoms with Crippen LogP contribution in [-0.2, 0) is 0 Å². The largest absolute Gasteiger partial charge is 0.371 e. The van der Waals surface area contributed by atoms with Gasteiger partial charge in [-0.25, -0.2) is 4.39 Å². The van der Waals surface area contributed by atoms with Gasteiger partial charge in [-0.15, -0.1) is 0 Å². The summed E-state index contributed by atoms with van der Waals surface area (Å²) >= 11 is 0. The summed E-state index contributed by atoms with van der Waals surface area (Å²) < 4.78 is 14.1. The molecule has 4 N–H and O–H groups in total. The summed E-state index contributed by atoms with van der Waals surface area (Å²) in [5, 5.41) is 3.40. The summed E-state index contributed by atoms with van der Waals surface area (Å²) in [6.07, 6.45) is 4.49. The van der Waals surface area contributed by atoms with Crippen molar-refractivity contribution in [3.05, 3.63) is 59.5 Å². The van der Waals surface area contributed by atoms with Crippen LogP contribution in [0.1, 0.15) is 41.7 Å². The fraction of sp³-hybridized carbons (Fsp3) is 0.423. The molecule has 3 aromatic rings. The zero-order chi connectivity index (χ0) is 22.9. The van der Waals surface area contributed by atoms with Crippen molar-refractivity contribution in [1.82, 2.24) is 9.88 Å². The fourth-order valence-corrected chi connectivity index (χ4v) is 5.20.